The quantitative estimate of drug-likeness (QED) is 0.807. The Morgan fingerprint density at radius 3 is 2.62 bits per heavy atom. The second-order valence-electron chi connectivity index (χ2n) is 6.67. The molecule has 1 fully saturated rings. The van der Waals surface area contributed by atoms with E-state index in [9.17, 15) is 4.79 Å². The lowest BCUT2D eigenvalue weighted by atomic mass is 9.95. The highest BCUT2D eigenvalue weighted by molar-refractivity contribution is 5.85. The molecule has 1 aliphatic rings. The second kappa shape index (κ2) is 6.36. The summed E-state index contributed by atoms with van der Waals surface area (Å²) in [6.45, 7) is 10.2. The molecule has 1 saturated heterocycles. The van der Waals surface area contributed by atoms with Crippen molar-refractivity contribution in [1.82, 2.24) is 20.6 Å². The fraction of sp³-hybridized carbons (Fsp3) is 0.500. The van der Waals surface area contributed by atoms with E-state index in [0.29, 0.717) is 5.95 Å². The number of anilines is 1. The van der Waals surface area contributed by atoms with Gasteiger partial charge < -0.3 is 10.6 Å². The van der Waals surface area contributed by atoms with E-state index in [0.717, 1.165) is 28.6 Å². The lowest BCUT2D eigenvalue weighted by molar-refractivity contribution is -0.129. The first-order valence-corrected chi connectivity index (χ1v) is 8.47. The van der Waals surface area contributed by atoms with Crippen molar-refractivity contribution in [2.45, 2.75) is 53.4 Å². The molecule has 3 atom stereocenters. The third-order valence-corrected chi connectivity index (χ3v) is 4.70. The lowest BCUT2D eigenvalue weighted by Crippen LogP contribution is -2.63. The van der Waals surface area contributed by atoms with Crippen LogP contribution in [0.4, 0.5) is 5.95 Å². The molecule has 2 aromatic rings. The number of aromatic nitrogens is 2. The van der Waals surface area contributed by atoms with Crippen molar-refractivity contribution < 1.29 is 4.79 Å². The van der Waals surface area contributed by atoms with E-state index in [-0.39, 0.29) is 24.2 Å². The van der Waals surface area contributed by atoms with Gasteiger partial charge in [-0.3, -0.25) is 10.1 Å². The number of hydrogen-bond acceptors (Lipinski definition) is 5. The van der Waals surface area contributed by atoms with Crippen molar-refractivity contribution in [1.29, 1.82) is 0 Å². The second-order valence-corrected chi connectivity index (χ2v) is 6.67. The fourth-order valence-electron chi connectivity index (χ4n) is 3.44. The number of fused-ring (bicyclic) bond motifs is 1. The average molecular weight is 327 g/mol. The molecule has 1 aromatic carbocycles. The third-order valence-electron chi connectivity index (χ3n) is 4.70. The maximum Gasteiger partial charge on any atom is 0.227 e. The van der Waals surface area contributed by atoms with Crippen LogP contribution in [0.3, 0.4) is 0 Å². The molecule has 3 unspecified atom stereocenters. The zero-order chi connectivity index (χ0) is 17.4. The Hall–Kier alpha value is -2.21. The summed E-state index contributed by atoms with van der Waals surface area (Å²) in [5, 5.41) is 10.6. The van der Waals surface area contributed by atoms with Crippen LogP contribution in [-0.4, -0.2) is 28.2 Å². The molecule has 6 nitrogen and oxygen atoms in total. The monoisotopic (exact) mass is 327 g/mol. The minimum Gasteiger partial charge on any atom is -0.323 e. The number of aryl methyl sites for hydroxylation is 3. The summed E-state index contributed by atoms with van der Waals surface area (Å²) in [7, 11) is 0. The van der Waals surface area contributed by atoms with E-state index >= 15 is 0 Å². The van der Waals surface area contributed by atoms with E-state index in [1.54, 1.807) is 0 Å². The summed E-state index contributed by atoms with van der Waals surface area (Å²) in [6.07, 6.45) is 0.453. The Labute approximate surface area is 142 Å². The predicted molar refractivity (Wildman–Crippen MR) is 95.7 cm³/mol. The maximum atomic E-state index is 12.2. The Morgan fingerprint density at radius 2 is 1.96 bits per heavy atom. The Bertz CT molecular complexity index is 789. The number of hydrogen-bond donors (Lipinski definition) is 3. The summed E-state index contributed by atoms with van der Waals surface area (Å²) in [4.78, 5) is 21.4. The van der Waals surface area contributed by atoms with Gasteiger partial charge in [0.2, 0.25) is 11.9 Å². The zero-order valence-electron chi connectivity index (χ0n) is 14.9. The van der Waals surface area contributed by atoms with Crippen LogP contribution in [0.15, 0.2) is 12.1 Å². The highest BCUT2D eigenvalue weighted by Gasteiger charge is 2.32. The van der Waals surface area contributed by atoms with Gasteiger partial charge in [-0.25, -0.2) is 9.97 Å². The van der Waals surface area contributed by atoms with Crippen molar-refractivity contribution in [3.8, 4) is 0 Å². The van der Waals surface area contributed by atoms with Gasteiger partial charge in [-0.1, -0.05) is 18.6 Å². The van der Waals surface area contributed by atoms with Crippen LogP contribution in [0.5, 0.6) is 0 Å². The van der Waals surface area contributed by atoms with Gasteiger partial charge in [0.05, 0.1) is 17.1 Å². The highest BCUT2D eigenvalue weighted by atomic mass is 16.2. The number of carbonyl (C=O) groups is 1. The molecule has 6 heteroatoms. The molecule has 1 amide bonds. The molecule has 0 spiro atoms. The number of carbonyl (C=O) groups excluding carboxylic acids is 1. The SMILES string of the molecule is CCC1C(=O)NC(Nc2nc(C)c3cc(C)cc(C)c3n2)NC1C. The van der Waals surface area contributed by atoms with E-state index in [1.807, 2.05) is 20.8 Å². The van der Waals surface area contributed by atoms with Crippen LogP contribution in [0, 0.1) is 26.7 Å². The number of benzene rings is 1. The van der Waals surface area contributed by atoms with Gasteiger partial charge in [0.15, 0.2) is 6.29 Å². The highest BCUT2D eigenvalue weighted by Crippen LogP contribution is 2.23. The summed E-state index contributed by atoms with van der Waals surface area (Å²) in [5.74, 6) is 0.574. The molecule has 128 valence electrons. The molecule has 0 saturated carbocycles. The predicted octanol–water partition coefficient (Wildman–Crippen LogP) is 2.38. The van der Waals surface area contributed by atoms with E-state index in [4.69, 9.17) is 0 Å². The van der Waals surface area contributed by atoms with Crippen LogP contribution in [0.2, 0.25) is 0 Å². The van der Waals surface area contributed by atoms with E-state index in [2.05, 4.69) is 51.9 Å². The first-order chi connectivity index (χ1) is 11.4. The van der Waals surface area contributed by atoms with Crippen LogP contribution < -0.4 is 16.0 Å². The summed E-state index contributed by atoms with van der Waals surface area (Å²) < 4.78 is 0. The van der Waals surface area contributed by atoms with Crippen LogP contribution >= 0.6 is 0 Å². The minimum absolute atomic E-state index is 0.00692. The molecule has 3 N–H and O–H groups in total. The molecular weight excluding hydrogens is 302 g/mol. The lowest BCUT2D eigenvalue weighted by Gasteiger charge is -2.35. The van der Waals surface area contributed by atoms with Crippen molar-refractivity contribution in [3.05, 3.63) is 29.0 Å². The maximum absolute atomic E-state index is 12.2. The fourth-order valence-corrected chi connectivity index (χ4v) is 3.44. The summed E-state index contributed by atoms with van der Waals surface area (Å²) in [6, 6.07) is 4.33. The number of amides is 1. The van der Waals surface area contributed by atoms with Gasteiger partial charge in [0, 0.05) is 11.4 Å². The van der Waals surface area contributed by atoms with Gasteiger partial charge in [0.1, 0.15) is 0 Å². The first kappa shape index (κ1) is 16.6. The largest absolute Gasteiger partial charge is 0.323 e. The molecule has 3 rings (SSSR count). The van der Waals surface area contributed by atoms with Gasteiger partial charge in [0.25, 0.3) is 0 Å². The first-order valence-electron chi connectivity index (χ1n) is 8.47. The summed E-state index contributed by atoms with van der Waals surface area (Å²) >= 11 is 0. The molecule has 0 aliphatic carbocycles. The van der Waals surface area contributed by atoms with Crippen molar-refractivity contribution in [2.75, 3.05) is 5.32 Å². The Morgan fingerprint density at radius 1 is 1.21 bits per heavy atom. The Kier molecular flexibility index (Phi) is 4.41. The third kappa shape index (κ3) is 3.06. The zero-order valence-corrected chi connectivity index (χ0v) is 14.9. The minimum atomic E-state index is -0.363. The van der Waals surface area contributed by atoms with Crippen molar-refractivity contribution >= 4 is 22.8 Å². The number of nitrogens with one attached hydrogen (secondary N) is 3. The van der Waals surface area contributed by atoms with E-state index in [1.165, 1.54) is 5.56 Å². The van der Waals surface area contributed by atoms with Crippen LogP contribution in [0.1, 0.15) is 37.1 Å². The molecule has 2 heterocycles. The molecule has 1 aromatic heterocycles. The average Bonchev–Trinajstić information content (AvgIpc) is 2.48. The van der Waals surface area contributed by atoms with Gasteiger partial charge in [-0.15, -0.1) is 0 Å². The topological polar surface area (TPSA) is 78.9 Å². The molecular formula is C18H25N5O. The molecule has 0 radical (unpaired) electrons. The summed E-state index contributed by atoms with van der Waals surface area (Å²) in [5.41, 5.74) is 4.19. The Balaban J connectivity index is 1.87. The van der Waals surface area contributed by atoms with Crippen LogP contribution in [-0.2, 0) is 4.79 Å². The van der Waals surface area contributed by atoms with Crippen molar-refractivity contribution in [3.63, 3.8) is 0 Å². The molecule has 1 aliphatic heterocycles. The smallest absolute Gasteiger partial charge is 0.227 e. The number of rotatable bonds is 3. The van der Waals surface area contributed by atoms with Gasteiger partial charge in [-0.05, 0) is 45.7 Å². The van der Waals surface area contributed by atoms with Gasteiger partial charge in [-0.2, -0.15) is 0 Å². The van der Waals surface area contributed by atoms with Crippen LogP contribution in [0.25, 0.3) is 10.9 Å². The number of nitrogens with zero attached hydrogens (tertiary/aromatic N) is 2. The standard InChI is InChI=1S/C18H25N5O/c1-6-13-11(4)19-18(22-16(13)24)23-17-20-12(5)14-8-9(2)7-10(3)15(14)21-17/h7-8,11,13,18-19H,6H2,1-5H3,(H,22,24)(H,20,21,23). The van der Waals surface area contributed by atoms with Crippen molar-refractivity contribution in [2.24, 2.45) is 5.92 Å². The molecule has 24 heavy (non-hydrogen) atoms. The van der Waals surface area contributed by atoms with E-state index < -0.39 is 0 Å². The van der Waals surface area contributed by atoms with Gasteiger partial charge >= 0.3 is 0 Å². The molecule has 0 bridgehead atoms. The normalized spacial score (nSPS) is 24.0.